The Morgan fingerprint density at radius 1 is 1.11 bits per heavy atom. The van der Waals surface area contributed by atoms with Crippen LogP contribution in [0.3, 0.4) is 0 Å². The lowest BCUT2D eigenvalue weighted by Crippen LogP contribution is -2.15. The highest BCUT2D eigenvalue weighted by Gasteiger charge is 2.05. The summed E-state index contributed by atoms with van der Waals surface area (Å²) < 4.78 is 0. The largest absolute Gasteiger partial charge is 0.310 e. The quantitative estimate of drug-likeness (QED) is 0.934. The first-order valence-corrected chi connectivity index (χ1v) is 6.05. The lowest BCUT2D eigenvalue weighted by molar-refractivity contribution is -0.115. The smallest absolute Gasteiger partial charge is 0.229 e. The summed E-state index contributed by atoms with van der Waals surface area (Å²) in [5.74, 6) is 0.300. The number of hydrogen-bond donors (Lipinski definition) is 1. The van der Waals surface area contributed by atoms with Crippen LogP contribution in [0.2, 0.25) is 10.0 Å². The highest BCUT2D eigenvalue weighted by molar-refractivity contribution is 6.31. The summed E-state index contributed by atoms with van der Waals surface area (Å²) in [6.07, 6.45) is 1.81. The first-order chi connectivity index (χ1) is 8.63. The Morgan fingerprint density at radius 2 is 1.83 bits per heavy atom. The third-order valence-corrected chi connectivity index (χ3v) is 2.75. The number of rotatable bonds is 3. The van der Waals surface area contributed by atoms with Gasteiger partial charge in [0.2, 0.25) is 5.91 Å². The Morgan fingerprint density at radius 3 is 2.50 bits per heavy atom. The van der Waals surface area contributed by atoms with Gasteiger partial charge in [0, 0.05) is 16.2 Å². The van der Waals surface area contributed by atoms with Crippen LogP contribution in [0.5, 0.6) is 0 Å². The molecule has 0 spiro atoms. The maximum atomic E-state index is 11.8. The Kier molecular flexibility index (Phi) is 4.18. The van der Waals surface area contributed by atoms with Gasteiger partial charge in [0.1, 0.15) is 5.82 Å². The third-order valence-electron chi connectivity index (χ3n) is 2.27. The Bertz CT molecular complexity index is 555. The molecule has 0 radical (unpaired) electrons. The van der Waals surface area contributed by atoms with E-state index in [-0.39, 0.29) is 12.3 Å². The number of nitrogens with one attached hydrogen (secondary N) is 1. The topological polar surface area (TPSA) is 42.0 Å². The molecule has 0 unspecified atom stereocenters. The molecule has 0 aliphatic heterocycles. The molecule has 5 heteroatoms. The van der Waals surface area contributed by atoms with Gasteiger partial charge in [-0.1, -0.05) is 35.3 Å². The lowest BCUT2D eigenvalue weighted by Gasteiger charge is -2.04. The van der Waals surface area contributed by atoms with Crippen molar-refractivity contribution in [3.05, 3.63) is 58.2 Å². The number of benzene rings is 1. The normalized spacial score (nSPS) is 10.1. The molecule has 0 aliphatic carbocycles. The average molecular weight is 281 g/mol. The highest BCUT2D eigenvalue weighted by atomic mass is 35.5. The van der Waals surface area contributed by atoms with E-state index in [2.05, 4.69) is 10.3 Å². The van der Waals surface area contributed by atoms with E-state index in [4.69, 9.17) is 23.2 Å². The Hall–Kier alpha value is -1.58. The van der Waals surface area contributed by atoms with Crippen LogP contribution in [0, 0.1) is 0 Å². The van der Waals surface area contributed by atoms with Crippen molar-refractivity contribution in [2.75, 3.05) is 5.32 Å². The summed E-state index contributed by atoms with van der Waals surface area (Å²) in [6, 6.07) is 10.4. The van der Waals surface area contributed by atoms with Crippen molar-refractivity contribution >= 4 is 34.9 Å². The number of pyridine rings is 1. The molecule has 0 fully saturated rings. The summed E-state index contributed by atoms with van der Waals surface area (Å²) in [5, 5.41) is 3.86. The average Bonchev–Trinajstić information content (AvgIpc) is 2.32. The zero-order valence-electron chi connectivity index (χ0n) is 9.36. The third kappa shape index (κ3) is 3.72. The summed E-state index contributed by atoms with van der Waals surface area (Å²) in [5.41, 5.74) is 0.888. The number of anilines is 1. The number of nitrogens with zero attached hydrogens (tertiary/aromatic N) is 1. The van der Waals surface area contributed by atoms with E-state index < -0.39 is 0 Å². The van der Waals surface area contributed by atoms with E-state index in [9.17, 15) is 4.79 Å². The molecule has 3 nitrogen and oxygen atoms in total. The monoisotopic (exact) mass is 280 g/mol. The zero-order valence-corrected chi connectivity index (χ0v) is 10.9. The highest BCUT2D eigenvalue weighted by Crippen LogP contribution is 2.13. The van der Waals surface area contributed by atoms with Gasteiger partial charge in [0.15, 0.2) is 0 Å². The van der Waals surface area contributed by atoms with Crippen LogP contribution in [-0.2, 0) is 11.2 Å². The van der Waals surface area contributed by atoms with E-state index in [1.165, 1.54) is 0 Å². The second kappa shape index (κ2) is 5.85. The summed E-state index contributed by atoms with van der Waals surface area (Å²) in [6.45, 7) is 0. The van der Waals surface area contributed by atoms with Gasteiger partial charge in [-0.3, -0.25) is 4.79 Å². The van der Waals surface area contributed by atoms with Gasteiger partial charge >= 0.3 is 0 Å². The standard InChI is InChI=1S/C13H10Cl2N2O/c14-10-3-1-9(2-4-10)7-13(18)17-12-8-11(15)5-6-16-12/h1-6,8H,7H2,(H,16,17,18). The molecule has 0 aliphatic rings. The molecule has 1 N–H and O–H groups in total. The van der Waals surface area contributed by atoms with Crippen molar-refractivity contribution in [3.8, 4) is 0 Å². The van der Waals surface area contributed by atoms with Crippen LogP contribution >= 0.6 is 23.2 Å². The number of halogens is 2. The van der Waals surface area contributed by atoms with Crippen molar-refractivity contribution in [1.82, 2.24) is 4.98 Å². The number of carbonyl (C=O) groups is 1. The molecule has 1 aromatic carbocycles. The van der Waals surface area contributed by atoms with Crippen LogP contribution in [0.15, 0.2) is 42.6 Å². The van der Waals surface area contributed by atoms with Crippen LogP contribution in [-0.4, -0.2) is 10.9 Å². The molecule has 0 bridgehead atoms. The second-order valence-corrected chi connectivity index (χ2v) is 4.58. The van der Waals surface area contributed by atoms with Gasteiger partial charge in [-0.25, -0.2) is 4.98 Å². The fourth-order valence-corrected chi connectivity index (χ4v) is 1.73. The van der Waals surface area contributed by atoms with Gasteiger partial charge in [-0.05, 0) is 29.8 Å². The Labute approximate surface area is 115 Å². The van der Waals surface area contributed by atoms with Gasteiger partial charge in [-0.15, -0.1) is 0 Å². The van der Waals surface area contributed by atoms with Gasteiger partial charge in [-0.2, -0.15) is 0 Å². The Balaban J connectivity index is 1.98. The SMILES string of the molecule is O=C(Cc1ccc(Cl)cc1)Nc1cc(Cl)ccn1. The van der Waals surface area contributed by atoms with Crippen molar-refractivity contribution in [1.29, 1.82) is 0 Å². The fraction of sp³-hybridized carbons (Fsp3) is 0.0769. The van der Waals surface area contributed by atoms with Gasteiger partial charge in [0.25, 0.3) is 0 Å². The molecule has 1 heterocycles. The molecular weight excluding hydrogens is 271 g/mol. The molecule has 1 amide bonds. The molecule has 0 saturated carbocycles. The second-order valence-electron chi connectivity index (χ2n) is 3.71. The van der Waals surface area contributed by atoms with E-state index in [1.54, 1.807) is 30.5 Å². The summed E-state index contributed by atoms with van der Waals surface area (Å²) in [4.78, 5) is 15.7. The minimum atomic E-state index is -0.146. The number of amides is 1. The van der Waals surface area contributed by atoms with Crippen LogP contribution < -0.4 is 5.32 Å². The molecule has 92 valence electrons. The van der Waals surface area contributed by atoms with E-state index in [0.717, 1.165) is 5.56 Å². The van der Waals surface area contributed by atoms with Gasteiger partial charge < -0.3 is 5.32 Å². The van der Waals surface area contributed by atoms with Crippen LogP contribution in [0.25, 0.3) is 0 Å². The minimum absolute atomic E-state index is 0.146. The van der Waals surface area contributed by atoms with Crippen molar-refractivity contribution < 1.29 is 4.79 Å². The maximum absolute atomic E-state index is 11.8. The predicted molar refractivity (Wildman–Crippen MR) is 73.0 cm³/mol. The number of aromatic nitrogens is 1. The van der Waals surface area contributed by atoms with Crippen molar-refractivity contribution in [2.24, 2.45) is 0 Å². The summed E-state index contributed by atoms with van der Waals surface area (Å²) in [7, 11) is 0. The number of carbonyl (C=O) groups excluding carboxylic acids is 1. The van der Waals surface area contributed by atoms with Crippen molar-refractivity contribution in [3.63, 3.8) is 0 Å². The summed E-state index contributed by atoms with van der Waals surface area (Å²) >= 11 is 11.6. The van der Waals surface area contributed by atoms with Crippen LogP contribution in [0.1, 0.15) is 5.56 Å². The molecule has 2 aromatic rings. The molecular formula is C13H10Cl2N2O. The molecule has 2 rings (SSSR count). The van der Waals surface area contributed by atoms with Crippen LogP contribution in [0.4, 0.5) is 5.82 Å². The minimum Gasteiger partial charge on any atom is -0.310 e. The molecule has 18 heavy (non-hydrogen) atoms. The maximum Gasteiger partial charge on any atom is 0.229 e. The molecule has 0 atom stereocenters. The lowest BCUT2D eigenvalue weighted by atomic mass is 10.1. The predicted octanol–water partition coefficient (Wildman–Crippen LogP) is 3.57. The van der Waals surface area contributed by atoms with E-state index in [0.29, 0.717) is 15.9 Å². The fourth-order valence-electron chi connectivity index (χ4n) is 1.45. The van der Waals surface area contributed by atoms with E-state index in [1.807, 2.05) is 12.1 Å². The van der Waals surface area contributed by atoms with E-state index >= 15 is 0 Å². The van der Waals surface area contributed by atoms with Crippen molar-refractivity contribution in [2.45, 2.75) is 6.42 Å². The molecule has 1 aromatic heterocycles. The molecule has 0 saturated heterocycles. The first-order valence-electron chi connectivity index (χ1n) is 5.29. The first kappa shape index (κ1) is 12.9. The zero-order chi connectivity index (χ0) is 13.0. The van der Waals surface area contributed by atoms with Gasteiger partial charge in [0.05, 0.1) is 6.42 Å². The number of hydrogen-bond acceptors (Lipinski definition) is 2.